The summed E-state index contributed by atoms with van der Waals surface area (Å²) in [5.41, 5.74) is 6.32. The predicted octanol–water partition coefficient (Wildman–Crippen LogP) is 3.26. The van der Waals surface area contributed by atoms with Crippen LogP contribution in [0.2, 0.25) is 0 Å². The molecule has 1 unspecified atom stereocenters. The van der Waals surface area contributed by atoms with Gasteiger partial charge in [0.15, 0.2) is 0 Å². The number of hydrogen-bond acceptors (Lipinski definition) is 2. The summed E-state index contributed by atoms with van der Waals surface area (Å²) in [4.78, 5) is 2.66. The SMILES string of the molecule is CCC1(CC)CCN(CCCC(C)CN)CC1. The largest absolute Gasteiger partial charge is 0.330 e. The van der Waals surface area contributed by atoms with Crippen LogP contribution < -0.4 is 5.73 Å². The molecule has 1 rings (SSSR count). The Morgan fingerprint density at radius 3 is 2.24 bits per heavy atom. The molecule has 1 saturated heterocycles. The van der Waals surface area contributed by atoms with Gasteiger partial charge in [0.25, 0.3) is 0 Å². The molecular weight excluding hydrogens is 208 g/mol. The molecule has 1 fully saturated rings. The van der Waals surface area contributed by atoms with Gasteiger partial charge in [0.05, 0.1) is 0 Å². The highest BCUT2D eigenvalue weighted by molar-refractivity contribution is 4.83. The van der Waals surface area contributed by atoms with Gasteiger partial charge >= 0.3 is 0 Å². The van der Waals surface area contributed by atoms with Crippen molar-refractivity contribution < 1.29 is 0 Å². The first-order chi connectivity index (χ1) is 8.15. The maximum Gasteiger partial charge on any atom is -0.00134 e. The average molecular weight is 240 g/mol. The molecule has 0 radical (unpaired) electrons. The summed E-state index contributed by atoms with van der Waals surface area (Å²) in [7, 11) is 0. The van der Waals surface area contributed by atoms with Crippen LogP contribution in [-0.2, 0) is 0 Å². The molecule has 0 aromatic heterocycles. The quantitative estimate of drug-likeness (QED) is 0.740. The van der Waals surface area contributed by atoms with Crippen molar-refractivity contribution in [2.75, 3.05) is 26.2 Å². The van der Waals surface area contributed by atoms with Crippen LogP contribution in [0.4, 0.5) is 0 Å². The molecule has 0 saturated carbocycles. The lowest BCUT2D eigenvalue weighted by Crippen LogP contribution is -2.40. The third kappa shape index (κ3) is 4.59. The number of nitrogens with two attached hydrogens (primary N) is 1. The summed E-state index contributed by atoms with van der Waals surface area (Å²) in [5, 5.41) is 0. The zero-order valence-corrected chi connectivity index (χ0v) is 12.2. The van der Waals surface area contributed by atoms with E-state index in [-0.39, 0.29) is 0 Å². The summed E-state index contributed by atoms with van der Waals surface area (Å²) in [6.45, 7) is 11.7. The van der Waals surface area contributed by atoms with Crippen LogP contribution in [0.5, 0.6) is 0 Å². The topological polar surface area (TPSA) is 29.3 Å². The Morgan fingerprint density at radius 2 is 1.76 bits per heavy atom. The molecule has 0 bridgehead atoms. The highest BCUT2D eigenvalue weighted by atomic mass is 15.1. The summed E-state index contributed by atoms with van der Waals surface area (Å²) in [5.74, 6) is 0.699. The normalized spacial score (nSPS) is 22.6. The van der Waals surface area contributed by atoms with E-state index in [4.69, 9.17) is 5.73 Å². The minimum absolute atomic E-state index is 0.668. The molecule has 0 aliphatic carbocycles. The summed E-state index contributed by atoms with van der Waals surface area (Å²) < 4.78 is 0. The third-order valence-electron chi connectivity index (χ3n) is 4.99. The smallest absolute Gasteiger partial charge is 0.00134 e. The van der Waals surface area contributed by atoms with Gasteiger partial charge in [0.2, 0.25) is 0 Å². The molecule has 102 valence electrons. The molecular formula is C15H32N2. The molecule has 0 aromatic carbocycles. The molecule has 2 nitrogen and oxygen atoms in total. The Bertz CT molecular complexity index is 189. The number of hydrogen-bond donors (Lipinski definition) is 1. The van der Waals surface area contributed by atoms with Gasteiger partial charge in [-0.15, -0.1) is 0 Å². The van der Waals surface area contributed by atoms with Crippen LogP contribution in [-0.4, -0.2) is 31.1 Å². The monoisotopic (exact) mass is 240 g/mol. The molecule has 0 amide bonds. The Morgan fingerprint density at radius 1 is 1.18 bits per heavy atom. The van der Waals surface area contributed by atoms with E-state index in [0.717, 1.165) is 6.54 Å². The highest BCUT2D eigenvalue weighted by Crippen LogP contribution is 2.37. The molecule has 1 heterocycles. The van der Waals surface area contributed by atoms with Crippen molar-refractivity contribution in [2.45, 2.75) is 59.3 Å². The van der Waals surface area contributed by atoms with E-state index in [0.29, 0.717) is 11.3 Å². The van der Waals surface area contributed by atoms with Crippen LogP contribution in [0, 0.1) is 11.3 Å². The molecule has 1 aliphatic rings. The van der Waals surface area contributed by atoms with Crippen LogP contribution in [0.15, 0.2) is 0 Å². The maximum atomic E-state index is 5.65. The summed E-state index contributed by atoms with van der Waals surface area (Å²) in [6, 6.07) is 0. The van der Waals surface area contributed by atoms with Gasteiger partial charge in [0.1, 0.15) is 0 Å². The van der Waals surface area contributed by atoms with Gasteiger partial charge in [0, 0.05) is 0 Å². The van der Waals surface area contributed by atoms with Crippen LogP contribution >= 0.6 is 0 Å². The Hall–Kier alpha value is -0.0800. The Balaban J connectivity index is 2.19. The van der Waals surface area contributed by atoms with E-state index >= 15 is 0 Å². The zero-order valence-electron chi connectivity index (χ0n) is 12.2. The molecule has 1 atom stereocenters. The van der Waals surface area contributed by atoms with Gasteiger partial charge in [-0.3, -0.25) is 0 Å². The lowest BCUT2D eigenvalue weighted by molar-refractivity contribution is 0.0936. The van der Waals surface area contributed by atoms with E-state index in [2.05, 4.69) is 25.7 Å². The molecule has 0 spiro atoms. The van der Waals surface area contributed by atoms with Crippen molar-refractivity contribution in [1.82, 2.24) is 4.90 Å². The highest BCUT2D eigenvalue weighted by Gasteiger charge is 2.30. The lowest BCUT2D eigenvalue weighted by atomic mass is 9.74. The first-order valence-electron chi connectivity index (χ1n) is 7.58. The Kier molecular flexibility index (Phi) is 6.50. The average Bonchev–Trinajstić information content (AvgIpc) is 2.39. The zero-order chi connectivity index (χ0) is 12.7. The van der Waals surface area contributed by atoms with E-state index in [1.54, 1.807) is 0 Å². The second-order valence-electron chi connectivity index (χ2n) is 6.03. The van der Waals surface area contributed by atoms with Gasteiger partial charge in [-0.1, -0.05) is 33.6 Å². The number of nitrogens with zero attached hydrogens (tertiary/aromatic N) is 1. The first-order valence-corrected chi connectivity index (χ1v) is 7.58. The summed E-state index contributed by atoms with van der Waals surface area (Å²) in [6.07, 6.45) is 8.16. The fraction of sp³-hybridized carbons (Fsp3) is 1.00. The second-order valence-corrected chi connectivity index (χ2v) is 6.03. The Labute approximate surface area is 108 Å². The molecule has 0 aromatic rings. The van der Waals surface area contributed by atoms with Crippen LogP contribution in [0.3, 0.4) is 0 Å². The molecule has 1 aliphatic heterocycles. The molecule has 2 N–H and O–H groups in total. The fourth-order valence-electron chi connectivity index (χ4n) is 2.99. The molecule has 2 heteroatoms. The van der Waals surface area contributed by atoms with E-state index in [9.17, 15) is 0 Å². The third-order valence-corrected chi connectivity index (χ3v) is 4.99. The maximum absolute atomic E-state index is 5.65. The lowest BCUT2D eigenvalue weighted by Gasteiger charge is -2.41. The minimum Gasteiger partial charge on any atom is -0.330 e. The van der Waals surface area contributed by atoms with Crippen LogP contribution in [0.1, 0.15) is 59.3 Å². The van der Waals surface area contributed by atoms with E-state index in [1.807, 2.05) is 0 Å². The number of rotatable bonds is 7. The second kappa shape index (κ2) is 7.38. The standard InChI is InChI=1S/C15H32N2/c1-4-15(5-2)8-11-17(12-9-15)10-6-7-14(3)13-16/h14H,4-13,16H2,1-3H3. The number of likely N-dealkylation sites (tertiary alicyclic amines) is 1. The van der Waals surface area contributed by atoms with Gasteiger partial charge in [-0.25, -0.2) is 0 Å². The van der Waals surface area contributed by atoms with Crippen molar-refractivity contribution in [1.29, 1.82) is 0 Å². The fourth-order valence-corrected chi connectivity index (χ4v) is 2.99. The van der Waals surface area contributed by atoms with E-state index in [1.165, 1.54) is 58.2 Å². The summed E-state index contributed by atoms with van der Waals surface area (Å²) >= 11 is 0. The van der Waals surface area contributed by atoms with Crippen molar-refractivity contribution in [3.63, 3.8) is 0 Å². The van der Waals surface area contributed by atoms with Crippen molar-refractivity contribution in [3.05, 3.63) is 0 Å². The van der Waals surface area contributed by atoms with E-state index < -0.39 is 0 Å². The van der Waals surface area contributed by atoms with Gasteiger partial charge in [-0.2, -0.15) is 0 Å². The van der Waals surface area contributed by atoms with Crippen molar-refractivity contribution in [2.24, 2.45) is 17.1 Å². The van der Waals surface area contributed by atoms with Gasteiger partial charge < -0.3 is 10.6 Å². The number of piperidine rings is 1. The molecule has 17 heavy (non-hydrogen) atoms. The van der Waals surface area contributed by atoms with Crippen molar-refractivity contribution in [3.8, 4) is 0 Å². The van der Waals surface area contributed by atoms with Crippen molar-refractivity contribution >= 4 is 0 Å². The predicted molar refractivity (Wildman–Crippen MR) is 76.1 cm³/mol. The van der Waals surface area contributed by atoms with Gasteiger partial charge in [-0.05, 0) is 63.2 Å². The first kappa shape index (κ1) is 15.0. The minimum atomic E-state index is 0.668. The van der Waals surface area contributed by atoms with Crippen LogP contribution in [0.25, 0.3) is 0 Å².